The third kappa shape index (κ3) is 1.15. The summed E-state index contributed by atoms with van der Waals surface area (Å²) in [6, 6.07) is 3.82. The van der Waals surface area contributed by atoms with Gasteiger partial charge in [0, 0.05) is 17.5 Å². The summed E-state index contributed by atoms with van der Waals surface area (Å²) in [4.78, 5) is 13.1. The Morgan fingerprint density at radius 1 is 1.21 bits per heavy atom. The standard InChI is InChI=1S/C9H7NO4/c11-4-1-6-5(8(12)2-4)3-7(10-6)9(13)14/h1-3,10-12H,(H,13,14). The number of phenols is 2. The fourth-order valence-corrected chi connectivity index (χ4v) is 1.32. The van der Waals surface area contributed by atoms with Crippen LogP contribution in [0, 0.1) is 0 Å². The van der Waals surface area contributed by atoms with Crippen molar-refractivity contribution < 1.29 is 20.1 Å². The quantitative estimate of drug-likeness (QED) is 0.548. The maximum atomic E-state index is 10.6. The average Bonchev–Trinajstić information content (AvgIpc) is 2.47. The minimum Gasteiger partial charge on any atom is -0.508 e. The maximum absolute atomic E-state index is 10.6. The molecule has 0 unspecified atom stereocenters. The molecule has 0 saturated carbocycles. The van der Waals surface area contributed by atoms with Gasteiger partial charge in [-0.3, -0.25) is 0 Å². The van der Waals surface area contributed by atoms with Gasteiger partial charge < -0.3 is 20.3 Å². The number of aromatic amines is 1. The highest BCUT2D eigenvalue weighted by molar-refractivity contribution is 5.96. The molecule has 1 aromatic heterocycles. The van der Waals surface area contributed by atoms with Crippen molar-refractivity contribution >= 4 is 16.9 Å². The molecule has 72 valence electrons. The zero-order chi connectivity index (χ0) is 10.3. The van der Waals surface area contributed by atoms with Crippen molar-refractivity contribution in [2.75, 3.05) is 0 Å². The Morgan fingerprint density at radius 3 is 2.57 bits per heavy atom. The molecule has 0 fully saturated rings. The first-order valence-electron chi connectivity index (χ1n) is 3.86. The summed E-state index contributed by atoms with van der Waals surface area (Å²) in [5.41, 5.74) is 0.362. The van der Waals surface area contributed by atoms with E-state index in [2.05, 4.69) is 4.98 Å². The van der Waals surface area contributed by atoms with Gasteiger partial charge in [0.2, 0.25) is 0 Å². The Labute approximate surface area is 78.2 Å². The van der Waals surface area contributed by atoms with Gasteiger partial charge in [-0.2, -0.15) is 0 Å². The van der Waals surface area contributed by atoms with Crippen LogP contribution < -0.4 is 0 Å². The first-order chi connectivity index (χ1) is 6.58. The number of carboxylic acids is 1. The van der Waals surface area contributed by atoms with Crippen molar-refractivity contribution in [3.05, 3.63) is 23.9 Å². The Bertz CT molecular complexity index is 515. The summed E-state index contributed by atoms with van der Waals surface area (Å²) in [6.07, 6.45) is 0. The molecule has 1 aromatic carbocycles. The lowest BCUT2D eigenvalue weighted by Crippen LogP contribution is -1.94. The number of aromatic carboxylic acids is 1. The zero-order valence-electron chi connectivity index (χ0n) is 6.98. The Morgan fingerprint density at radius 2 is 1.93 bits per heavy atom. The molecule has 5 heteroatoms. The number of phenolic OH excluding ortho intramolecular Hbond substituents is 2. The second kappa shape index (κ2) is 2.66. The van der Waals surface area contributed by atoms with Gasteiger partial charge in [0.25, 0.3) is 0 Å². The summed E-state index contributed by atoms with van der Waals surface area (Å²) in [5.74, 6) is -1.38. The van der Waals surface area contributed by atoms with E-state index in [9.17, 15) is 9.90 Å². The molecule has 1 heterocycles. The number of rotatable bonds is 1. The molecule has 0 bridgehead atoms. The van der Waals surface area contributed by atoms with Gasteiger partial charge in [-0.15, -0.1) is 0 Å². The second-order valence-electron chi connectivity index (χ2n) is 2.91. The molecular weight excluding hydrogens is 186 g/mol. The fraction of sp³-hybridized carbons (Fsp3) is 0. The summed E-state index contributed by atoms with van der Waals surface area (Å²) in [5, 5.41) is 27.6. The van der Waals surface area contributed by atoms with E-state index in [0.717, 1.165) is 6.07 Å². The van der Waals surface area contributed by atoms with Gasteiger partial charge in [0.1, 0.15) is 17.2 Å². The van der Waals surface area contributed by atoms with Crippen molar-refractivity contribution in [3.8, 4) is 11.5 Å². The first-order valence-corrected chi connectivity index (χ1v) is 3.86. The Hall–Kier alpha value is -2.17. The lowest BCUT2D eigenvalue weighted by atomic mass is 10.2. The molecule has 4 N–H and O–H groups in total. The molecule has 0 spiro atoms. The van der Waals surface area contributed by atoms with E-state index in [4.69, 9.17) is 10.2 Å². The number of carboxylic acid groups (broad SMARTS) is 1. The van der Waals surface area contributed by atoms with E-state index in [1.807, 2.05) is 0 Å². The molecule has 0 aliphatic rings. The molecule has 5 nitrogen and oxygen atoms in total. The summed E-state index contributed by atoms with van der Waals surface area (Å²) in [7, 11) is 0. The normalized spacial score (nSPS) is 10.6. The highest BCUT2D eigenvalue weighted by atomic mass is 16.4. The predicted molar refractivity (Wildman–Crippen MR) is 48.6 cm³/mol. The third-order valence-electron chi connectivity index (χ3n) is 1.93. The van der Waals surface area contributed by atoms with E-state index in [0.29, 0.717) is 10.9 Å². The number of fused-ring (bicyclic) bond motifs is 1. The van der Waals surface area contributed by atoms with Crippen LogP contribution in [0.25, 0.3) is 10.9 Å². The molecule has 0 amide bonds. The lowest BCUT2D eigenvalue weighted by Gasteiger charge is -1.95. The number of hydrogen-bond acceptors (Lipinski definition) is 3. The SMILES string of the molecule is O=C(O)c1cc2c(O)cc(O)cc2[nH]1. The highest BCUT2D eigenvalue weighted by Gasteiger charge is 2.10. The van der Waals surface area contributed by atoms with Crippen LogP contribution in [0.5, 0.6) is 11.5 Å². The van der Waals surface area contributed by atoms with Crippen LogP contribution in [0.2, 0.25) is 0 Å². The van der Waals surface area contributed by atoms with Gasteiger partial charge in [-0.1, -0.05) is 0 Å². The van der Waals surface area contributed by atoms with Crippen LogP contribution in [0.4, 0.5) is 0 Å². The number of nitrogens with one attached hydrogen (secondary N) is 1. The molecule has 2 rings (SSSR count). The molecule has 2 aromatic rings. The van der Waals surface area contributed by atoms with Gasteiger partial charge in [-0.05, 0) is 6.07 Å². The smallest absolute Gasteiger partial charge is 0.352 e. The van der Waals surface area contributed by atoms with Crippen LogP contribution in [0.15, 0.2) is 18.2 Å². The Balaban J connectivity index is 2.76. The minimum absolute atomic E-state index is 0.0269. The number of carbonyl (C=O) groups is 1. The summed E-state index contributed by atoms with van der Waals surface area (Å²) in [6.45, 7) is 0. The van der Waals surface area contributed by atoms with Crippen molar-refractivity contribution in [2.45, 2.75) is 0 Å². The molecule has 0 atom stereocenters. The van der Waals surface area contributed by atoms with Crippen molar-refractivity contribution in [1.29, 1.82) is 0 Å². The van der Waals surface area contributed by atoms with Crippen LogP contribution in [0.3, 0.4) is 0 Å². The van der Waals surface area contributed by atoms with Crippen LogP contribution >= 0.6 is 0 Å². The van der Waals surface area contributed by atoms with Gasteiger partial charge in [-0.25, -0.2) is 4.79 Å². The van der Waals surface area contributed by atoms with Crippen molar-refractivity contribution in [1.82, 2.24) is 4.98 Å². The van der Waals surface area contributed by atoms with Gasteiger partial charge >= 0.3 is 5.97 Å². The largest absolute Gasteiger partial charge is 0.508 e. The third-order valence-corrected chi connectivity index (χ3v) is 1.93. The summed E-state index contributed by atoms with van der Waals surface area (Å²) >= 11 is 0. The van der Waals surface area contributed by atoms with E-state index < -0.39 is 5.97 Å². The number of hydrogen-bond donors (Lipinski definition) is 4. The zero-order valence-corrected chi connectivity index (χ0v) is 6.98. The predicted octanol–water partition coefficient (Wildman–Crippen LogP) is 1.28. The minimum atomic E-state index is -1.11. The van der Waals surface area contributed by atoms with E-state index in [1.165, 1.54) is 12.1 Å². The van der Waals surface area contributed by atoms with E-state index in [1.54, 1.807) is 0 Å². The molecule has 0 saturated heterocycles. The summed E-state index contributed by atoms with van der Waals surface area (Å²) < 4.78 is 0. The van der Waals surface area contributed by atoms with Crippen molar-refractivity contribution in [3.63, 3.8) is 0 Å². The highest BCUT2D eigenvalue weighted by Crippen LogP contribution is 2.29. The van der Waals surface area contributed by atoms with Crippen LogP contribution in [0.1, 0.15) is 10.5 Å². The Kier molecular flexibility index (Phi) is 1.60. The fourth-order valence-electron chi connectivity index (χ4n) is 1.32. The first kappa shape index (κ1) is 8.43. The molecular formula is C9H7NO4. The lowest BCUT2D eigenvalue weighted by molar-refractivity contribution is 0.0691. The molecule has 14 heavy (non-hydrogen) atoms. The maximum Gasteiger partial charge on any atom is 0.352 e. The molecule has 0 radical (unpaired) electrons. The van der Waals surface area contributed by atoms with Gasteiger partial charge in [0.05, 0.1) is 5.52 Å². The monoisotopic (exact) mass is 193 g/mol. The average molecular weight is 193 g/mol. The number of aromatic hydroxyl groups is 2. The van der Waals surface area contributed by atoms with Crippen LogP contribution in [-0.2, 0) is 0 Å². The number of H-pyrrole nitrogens is 1. The second-order valence-corrected chi connectivity index (χ2v) is 2.91. The molecule has 0 aliphatic carbocycles. The van der Waals surface area contributed by atoms with Crippen molar-refractivity contribution in [2.24, 2.45) is 0 Å². The van der Waals surface area contributed by atoms with E-state index >= 15 is 0 Å². The molecule has 0 aliphatic heterocycles. The topological polar surface area (TPSA) is 93.6 Å². The number of benzene rings is 1. The number of aromatic nitrogens is 1. The van der Waals surface area contributed by atoms with Crippen LogP contribution in [-0.4, -0.2) is 26.3 Å². The van der Waals surface area contributed by atoms with Gasteiger partial charge in [0.15, 0.2) is 0 Å². The van der Waals surface area contributed by atoms with E-state index in [-0.39, 0.29) is 17.2 Å².